The van der Waals surface area contributed by atoms with Crippen LogP contribution in [0.1, 0.15) is 73.9 Å². The van der Waals surface area contributed by atoms with Gasteiger partial charge in [-0.1, -0.05) is 36.4 Å². The first kappa shape index (κ1) is 23.8. The molecule has 0 aromatic heterocycles. The molecule has 0 saturated carbocycles. The van der Waals surface area contributed by atoms with Crippen LogP contribution in [0, 0.1) is 6.92 Å². The lowest BCUT2D eigenvalue weighted by Crippen LogP contribution is -2.30. The highest BCUT2D eigenvalue weighted by molar-refractivity contribution is 7.97. The van der Waals surface area contributed by atoms with Crippen LogP contribution in [0.4, 0.5) is 0 Å². The number of nitrogens with zero attached hydrogens (tertiary/aromatic N) is 2. The number of hydrogen-bond donors (Lipinski definition) is 1. The van der Waals surface area contributed by atoms with Crippen LogP contribution in [-0.4, -0.2) is 45.2 Å². The molecule has 2 amide bonds. The molecule has 0 radical (unpaired) electrons. The van der Waals surface area contributed by atoms with E-state index in [1.807, 2.05) is 42.5 Å². The molecule has 0 aliphatic carbocycles. The van der Waals surface area contributed by atoms with Crippen molar-refractivity contribution >= 4 is 29.7 Å². The predicted octanol–water partition coefficient (Wildman–Crippen LogP) is 5.17. The van der Waals surface area contributed by atoms with E-state index in [0.717, 1.165) is 21.6 Å². The fraction of sp³-hybridized carbons (Fsp3) is 0.276. The topological polar surface area (TPSA) is 87.2 Å². The number of rotatable bonds is 3. The zero-order valence-corrected chi connectivity index (χ0v) is 21.4. The lowest BCUT2D eigenvalue weighted by atomic mass is 9.83. The van der Waals surface area contributed by atoms with Gasteiger partial charge in [0, 0.05) is 24.6 Å². The minimum Gasteiger partial charge on any atom is -0.483 e. The van der Waals surface area contributed by atoms with Gasteiger partial charge in [-0.05, 0) is 66.2 Å². The van der Waals surface area contributed by atoms with E-state index in [9.17, 15) is 19.5 Å². The van der Waals surface area contributed by atoms with Crippen molar-refractivity contribution in [1.29, 1.82) is 0 Å². The first-order valence-electron chi connectivity index (χ1n) is 12.4. The Morgan fingerprint density at radius 3 is 2.68 bits per heavy atom. The third kappa shape index (κ3) is 4.01. The largest absolute Gasteiger partial charge is 0.483 e. The second-order valence-corrected chi connectivity index (χ2v) is 10.8. The number of carboxylic acids is 1. The number of carbonyl (C=O) groups is 3. The third-order valence-electron chi connectivity index (χ3n) is 7.41. The lowest BCUT2D eigenvalue weighted by molar-refractivity contribution is -0.137. The van der Waals surface area contributed by atoms with Crippen molar-refractivity contribution in [2.75, 3.05) is 13.1 Å². The fourth-order valence-corrected chi connectivity index (χ4v) is 6.55. The standard InChI is InChI=1S/C29H26N2O5S/c1-3-31-28(34)22-12-18-11-21(27(22)29(31)35)24-15-30(37-25-7-5-4-6-23(25)36-24)14-19-10-17(9-8-16(19)2)20(18)13-26(32)33/h4-12,20,24H,3,13-15H2,1-2H3,(H,32,33)/t20?,24-/m0/s1. The number of amides is 2. The molecule has 0 fully saturated rings. The minimum absolute atomic E-state index is 0.132. The molecular formula is C29H26N2O5S. The number of aryl methyl sites for hydroxylation is 1. The number of carboxylic acid groups (broad SMARTS) is 1. The van der Waals surface area contributed by atoms with Gasteiger partial charge in [-0.2, -0.15) is 0 Å². The van der Waals surface area contributed by atoms with Gasteiger partial charge in [0.1, 0.15) is 11.9 Å². The average molecular weight is 515 g/mol. The molecule has 37 heavy (non-hydrogen) atoms. The summed E-state index contributed by atoms with van der Waals surface area (Å²) in [5.41, 5.74) is 5.11. The van der Waals surface area contributed by atoms with Crippen molar-refractivity contribution in [1.82, 2.24) is 9.21 Å². The summed E-state index contributed by atoms with van der Waals surface area (Å²) in [7, 11) is 0. The first-order chi connectivity index (χ1) is 17.8. The SMILES string of the molecule is CCN1C(=O)c2cc3cc(c2C1=O)[C@@H]1CN(Cc2cc(ccc2C)C3CC(=O)O)Sc2ccccc2O1. The van der Waals surface area contributed by atoms with Crippen molar-refractivity contribution in [2.45, 2.75) is 43.7 Å². The molecule has 6 bridgehead atoms. The van der Waals surface area contributed by atoms with Crippen molar-refractivity contribution in [3.05, 3.63) is 93.5 Å². The maximum Gasteiger partial charge on any atom is 0.304 e. The summed E-state index contributed by atoms with van der Waals surface area (Å²) < 4.78 is 8.78. The van der Waals surface area contributed by atoms with E-state index in [2.05, 4.69) is 17.3 Å². The summed E-state index contributed by atoms with van der Waals surface area (Å²) in [4.78, 5) is 41.0. The van der Waals surface area contributed by atoms with Gasteiger partial charge < -0.3 is 9.84 Å². The maximum absolute atomic E-state index is 13.5. The molecule has 0 saturated heterocycles. The van der Waals surface area contributed by atoms with E-state index in [1.165, 1.54) is 4.90 Å². The smallest absolute Gasteiger partial charge is 0.304 e. The van der Waals surface area contributed by atoms with E-state index in [1.54, 1.807) is 24.9 Å². The molecule has 1 N–H and O–H groups in total. The Bertz CT molecular complexity index is 1470. The van der Waals surface area contributed by atoms with Gasteiger partial charge in [-0.3, -0.25) is 19.3 Å². The summed E-state index contributed by atoms with van der Waals surface area (Å²) in [5, 5.41) is 9.83. The van der Waals surface area contributed by atoms with Crippen LogP contribution in [0.15, 0.2) is 59.5 Å². The lowest BCUT2D eigenvalue weighted by Gasteiger charge is -2.25. The molecule has 7 nitrogen and oxygen atoms in total. The summed E-state index contributed by atoms with van der Waals surface area (Å²) in [5.74, 6) is -1.37. The second-order valence-electron chi connectivity index (χ2n) is 9.69. The van der Waals surface area contributed by atoms with Gasteiger partial charge in [0.2, 0.25) is 0 Å². The Hall–Kier alpha value is -3.62. The van der Waals surface area contributed by atoms with Gasteiger partial charge in [0.25, 0.3) is 11.8 Å². The molecule has 2 unspecified atom stereocenters. The molecule has 8 heteroatoms. The number of para-hydroxylation sites is 1. The van der Waals surface area contributed by atoms with Gasteiger partial charge in [-0.25, -0.2) is 4.31 Å². The first-order valence-corrected chi connectivity index (χ1v) is 13.1. The summed E-state index contributed by atoms with van der Waals surface area (Å²) in [6.45, 7) is 5.19. The van der Waals surface area contributed by atoms with Crippen molar-refractivity contribution < 1.29 is 24.2 Å². The van der Waals surface area contributed by atoms with E-state index in [4.69, 9.17) is 4.74 Å². The van der Waals surface area contributed by atoms with Crippen LogP contribution in [0.3, 0.4) is 0 Å². The highest BCUT2D eigenvalue weighted by atomic mass is 32.2. The number of ether oxygens (including phenoxy) is 1. The quantitative estimate of drug-likeness (QED) is 0.381. The van der Waals surface area contributed by atoms with Crippen LogP contribution >= 0.6 is 11.9 Å². The van der Waals surface area contributed by atoms with Crippen LogP contribution in [0.25, 0.3) is 0 Å². The van der Waals surface area contributed by atoms with Crippen molar-refractivity contribution in [2.24, 2.45) is 0 Å². The van der Waals surface area contributed by atoms with Gasteiger partial charge >= 0.3 is 5.97 Å². The average Bonchev–Trinajstić information content (AvgIpc) is 3.00. The third-order valence-corrected chi connectivity index (χ3v) is 8.48. The van der Waals surface area contributed by atoms with E-state index in [-0.39, 0.29) is 24.8 Å². The zero-order valence-electron chi connectivity index (χ0n) is 20.6. The Morgan fingerprint density at radius 1 is 1.08 bits per heavy atom. The Balaban J connectivity index is 1.64. The summed E-state index contributed by atoms with van der Waals surface area (Å²) in [6, 6.07) is 17.5. The fourth-order valence-electron chi connectivity index (χ4n) is 5.51. The molecule has 3 aromatic rings. The highest BCUT2D eigenvalue weighted by Gasteiger charge is 2.41. The van der Waals surface area contributed by atoms with Crippen molar-refractivity contribution in [3.63, 3.8) is 0 Å². The molecule has 3 aromatic carbocycles. The number of imide groups is 1. The Kier molecular flexibility index (Phi) is 5.81. The number of hydrogen-bond acceptors (Lipinski definition) is 6. The molecule has 3 aliphatic heterocycles. The highest BCUT2D eigenvalue weighted by Crippen LogP contribution is 2.44. The number of aliphatic carboxylic acids is 1. The van der Waals surface area contributed by atoms with E-state index in [0.29, 0.717) is 41.1 Å². The predicted molar refractivity (Wildman–Crippen MR) is 139 cm³/mol. The van der Waals surface area contributed by atoms with Gasteiger partial charge in [-0.15, -0.1) is 0 Å². The Labute approximate surface area is 219 Å². The van der Waals surface area contributed by atoms with Gasteiger partial charge in [0.05, 0.1) is 29.0 Å². The molecule has 3 atom stereocenters. The summed E-state index contributed by atoms with van der Waals surface area (Å²) >= 11 is 1.61. The minimum atomic E-state index is -0.929. The van der Waals surface area contributed by atoms with Crippen LogP contribution < -0.4 is 4.74 Å². The van der Waals surface area contributed by atoms with E-state index < -0.39 is 18.0 Å². The second kappa shape index (κ2) is 9.04. The number of benzene rings is 3. The Morgan fingerprint density at radius 2 is 1.89 bits per heavy atom. The number of carbonyl (C=O) groups excluding carboxylic acids is 2. The molecular weight excluding hydrogens is 488 g/mol. The van der Waals surface area contributed by atoms with Crippen LogP contribution in [-0.2, 0) is 11.3 Å². The molecule has 3 aliphatic rings. The van der Waals surface area contributed by atoms with Crippen LogP contribution in [0.5, 0.6) is 5.75 Å². The number of fused-ring (bicyclic) bond motifs is 10. The normalized spacial score (nSPS) is 21.9. The van der Waals surface area contributed by atoms with Crippen LogP contribution in [0.2, 0.25) is 0 Å². The maximum atomic E-state index is 13.5. The van der Waals surface area contributed by atoms with Gasteiger partial charge in [0.15, 0.2) is 0 Å². The monoisotopic (exact) mass is 514 g/mol. The molecule has 0 spiro atoms. The molecule has 6 rings (SSSR count). The molecule has 188 valence electrons. The zero-order chi connectivity index (χ0) is 25.8. The van der Waals surface area contributed by atoms with Crippen molar-refractivity contribution in [3.8, 4) is 5.75 Å². The summed E-state index contributed by atoms with van der Waals surface area (Å²) in [6.07, 6.45) is -0.659. The van der Waals surface area contributed by atoms with E-state index >= 15 is 0 Å². The molecule has 3 heterocycles.